The molecule has 0 spiro atoms. The molecule has 1 aliphatic rings. The van der Waals surface area contributed by atoms with E-state index >= 15 is 0 Å². The lowest BCUT2D eigenvalue weighted by molar-refractivity contribution is 0.575. The maximum atomic E-state index is 6.21. The first kappa shape index (κ1) is 16.5. The SMILES string of the molecule is Cc1ccc(N2C(=S)N[C@H](c3ccccn3)[C@H]2c2ccc(Cl)s2)cc1. The summed E-state index contributed by atoms with van der Waals surface area (Å²) in [4.78, 5) is 7.87. The average Bonchev–Trinajstić information content (AvgIpc) is 3.20. The Morgan fingerprint density at radius 1 is 1.12 bits per heavy atom. The van der Waals surface area contributed by atoms with Crippen LogP contribution in [0.25, 0.3) is 0 Å². The standard InChI is InChI=1S/C19H16ClN3S2/c1-12-5-7-13(8-6-12)23-18(15-9-10-16(20)25-15)17(22-19(23)24)14-4-2-3-11-21-14/h2-11,17-18H,1H3,(H,22,24)/t17-,18-/m1/s1. The number of halogens is 1. The Morgan fingerprint density at radius 2 is 1.92 bits per heavy atom. The Hall–Kier alpha value is -1.95. The van der Waals surface area contributed by atoms with Crippen LogP contribution in [0.4, 0.5) is 5.69 Å². The van der Waals surface area contributed by atoms with Crippen molar-refractivity contribution in [2.24, 2.45) is 0 Å². The first-order valence-electron chi connectivity index (χ1n) is 7.96. The van der Waals surface area contributed by atoms with E-state index in [1.165, 1.54) is 5.56 Å². The van der Waals surface area contributed by atoms with E-state index < -0.39 is 0 Å². The van der Waals surface area contributed by atoms with Gasteiger partial charge < -0.3 is 10.2 Å². The van der Waals surface area contributed by atoms with E-state index in [1.54, 1.807) is 11.3 Å². The summed E-state index contributed by atoms with van der Waals surface area (Å²) in [5, 5.41) is 4.15. The molecule has 3 aromatic rings. The maximum absolute atomic E-state index is 6.21. The molecule has 3 nitrogen and oxygen atoms in total. The van der Waals surface area contributed by atoms with Crippen LogP contribution in [0.15, 0.2) is 60.8 Å². The van der Waals surface area contributed by atoms with Crippen LogP contribution in [0, 0.1) is 6.92 Å². The smallest absolute Gasteiger partial charge is 0.174 e. The van der Waals surface area contributed by atoms with Crippen LogP contribution in [-0.2, 0) is 0 Å². The minimum atomic E-state index is -0.0234. The highest BCUT2D eigenvalue weighted by atomic mass is 35.5. The van der Waals surface area contributed by atoms with E-state index in [0.29, 0.717) is 5.11 Å². The van der Waals surface area contributed by atoms with Crippen molar-refractivity contribution in [2.75, 3.05) is 4.90 Å². The number of rotatable bonds is 3. The number of anilines is 1. The van der Waals surface area contributed by atoms with E-state index in [9.17, 15) is 0 Å². The van der Waals surface area contributed by atoms with Crippen LogP contribution >= 0.6 is 35.2 Å². The normalized spacial score (nSPS) is 19.9. The van der Waals surface area contributed by atoms with Crippen LogP contribution < -0.4 is 10.2 Å². The van der Waals surface area contributed by atoms with Gasteiger partial charge in [0.15, 0.2) is 5.11 Å². The van der Waals surface area contributed by atoms with Gasteiger partial charge in [0.1, 0.15) is 0 Å². The third-order valence-electron chi connectivity index (χ3n) is 4.30. The molecule has 0 amide bonds. The summed E-state index contributed by atoms with van der Waals surface area (Å²) in [7, 11) is 0. The van der Waals surface area contributed by atoms with Gasteiger partial charge in [-0.25, -0.2) is 0 Å². The number of benzene rings is 1. The first-order valence-corrected chi connectivity index (χ1v) is 9.56. The molecule has 6 heteroatoms. The summed E-state index contributed by atoms with van der Waals surface area (Å²) in [6.45, 7) is 2.08. The summed E-state index contributed by atoms with van der Waals surface area (Å²) in [5.41, 5.74) is 3.25. The first-order chi connectivity index (χ1) is 12.1. The minimum Gasteiger partial charge on any atom is -0.351 e. The van der Waals surface area contributed by atoms with Crippen LogP contribution in [0.2, 0.25) is 4.34 Å². The molecule has 1 aromatic carbocycles. The average molecular weight is 386 g/mol. The Balaban J connectivity index is 1.81. The van der Waals surface area contributed by atoms with E-state index in [1.807, 2.05) is 30.5 Å². The molecule has 1 fully saturated rings. The van der Waals surface area contributed by atoms with Gasteiger partial charge in [-0.15, -0.1) is 11.3 Å². The van der Waals surface area contributed by atoms with Crippen molar-refractivity contribution < 1.29 is 0 Å². The fraction of sp³-hybridized carbons (Fsp3) is 0.158. The number of pyridine rings is 1. The fourth-order valence-corrected chi connectivity index (χ4v) is 4.65. The predicted octanol–water partition coefficient (Wildman–Crippen LogP) is 5.28. The molecule has 0 aliphatic carbocycles. The second-order valence-corrected chi connectivity index (χ2v) is 8.11. The number of nitrogens with zero attached hydrogens (tertiary/aromatic N) is 2. The number of nitrogens with one attached hydrogen (secondary N) is 1. The lowest BCUT2D eigenvalue weighted by Crippen LogP contribution is -2.29. The van der Waals surface area contributed by atoms with Crippen molar-refractivity contribution in [3.63, 3.8) is 0 Å². The van der Waals surface area contributed by atoms with Crippen molar-refractivity contribution in [2.45, 2.75) is 19.0 Å². The number of hydrogen-bond donors (Lipinski definition) is 1. The molecule has 25 heavy (non-hydrogen) atoms. The molecule has 2 aromatic heterocycles. The van der Waals surface area contributed by atoms with Crippen molar-refractivity contribution in [1.29, 1.82) is 0 Å². The van der Waals surface area contributed by atoms with Gasteiger partial charge in [-0.3, -0.25) is 4.98 Å². The number of thiocarbonyl (C=S) groups is 1. The van der Waals surface area contributed by atoms with E-state index in [2.05, 4.69) is 52.5 Å². The quantitative estimate of drug-likeness (QED) is 0.620. The second-order valence-electron chi connectivity index (χ2n) is 5.97. The van der Waals surface area contributed by atoms with Crippen molar-refractivity contribution in [3.8, 4) is 0 Å². The molecule has 4 rings (SSSR count). The summed E-state index contributed by atoms with van der Waals surface area (Å²) < 4.78 is 0.774. The molecule has 1 aliphatic heterocycles. The van der Waals surface area contributed by atoms with Gasteiger partial charge in [-0.2, -0.15) is 0 Å². The highest BCUT2D eigenvalue weighted by molar-refractivity contribution is 7.80. The highest BCUT2D eigenvalue weighted by Crippen LogP contribution is 2.44. The molecule has 2 atom stereocenters. The molecular formula is C19H16ClN3S2. The predicted molar refractivity (Wildman–Crippen MR) is 108 cm³/mol. The van der Waals surface area contributed by atoms with Crippen LogP contribution in [-0.4, -0.2) is 10.1 Å². The Morgan fingerprint density at radius 3 is 2.56 bits per heavy atom. The van der Waals surface area contributed by atoms with Gasteiger partial charge in [-0.1, -0.05) is 35.4 Å². The largest absolute Gasteiger partial charge is 0.351 e. The number of aryl methyl sites for hydroxylation is 1. The zero-order valence-electron chi connectivity index (χ0n) is 13.5. The topological polar surface area (TPSA) is 28.2 Å². The van der Waals surface area contributed by atoms with Crippen LogP contribution in [0.1, 0.15) is 28.2 Å². The molecular weight excluding hydrogens is 370 g/mol. The lowest BCUT2D eigenvalue weighted by Gasteiger charge is -2.27. The molecule has 0 unspecified atom stereocenters. The lowest BCUT2D eigenvalue weighted by atomic mass is 10.0. The molecule has 0 bridgehead atoms. The van der Waals surface area contributed by atoms with Gasteiger partial charge >= 0.3 is 0 Å². The van der Waals surface area contributed by atoms with Gasteiger partial charge in [-0.05, 0) is 55.5 Å². The molecule has 3 heterocycles. The molecule has 0 saturated carbocycles. The number of aromatic nitrogens is 1. The second kappa shape index (κ2) is 6.75. The van der Waals surface area contributed by atoms with E-state index in [-0.39, 0.29) is 12.1 Å². The van der Waals surface area contributed by atoms with Crippen LogP contribution in [0.5, 0.6) is 0 Å². The van der Waals surface area contributed by atoms with E-state index in [4.69, 9.17) is 23.8 Å². The highest BCUT2D eigenvalue weighted by Gasteiger charge is 2.41. The summed E-state index contributed by atoms with van der Waals surface area (Å²) in [5.74, 6) is 0. The Labute approximate surface area is 161 Å². The summed E-state index contributed by atoms with van der Waals surface area (Å²) >= 11 is 13.5. The maximum Gasteiger partial charge on any atom is 0.174 e. The zero-order valence-corrected chi connectivity index (χ0v) is 15.9. The third kappa shape index (κ3) is 3.15. The zero-order chi connectivity index (χ0) is 17.4. The Bertz CT molecular complexity index is 893. The number of thiophene rings is 1. The molecule has 1 saturated heterocycles. The third-order valence-corrected chi connectivity index (χ3v) is 5.91. The van der Waals surface area contributed by atoms with Crippen molar-refractivity contribution in [3.05, 3.63) is 81.3 Å². The monoisotopic (exact) mass is 385 g/mol. The van der Waals surface area contributed by atoms with Crippen molar-refractivity contribution >= 4 is 46.0 Å². The Kier molecular flexibility index (Phi) is 4.46. The number of hydrogen-bond acceptors (Lipinski definition) is 3. The molecule has 126 valence electrons. The molecule has 1 N–H and O–H groups in total. The fourth-order valence-electron chi connectivity index (χ4n) is 3.11. The van der Waals surface area contributed by atoms with Gasteiger partial charge in [0.2, 0.25) is 0 Å². The van der Waals surface area contributed by atoms with Crippen LogP contribution in [0.3, 0.4) is 0 Å². The van der Waals surface area contributed by atoms with Gasteiger partial charge in [0.25, 0.3) is 0 Å². The minimum absolute atomic E-state index is 0.0163. The molecule has 0 radical (unpaired) electrons. The summed E-state index contributed by atoms with van der Waals surface area (Å²) in [6, 6.07) is 18.4. The van der Waals surface area contributed by atoms with Crippen molar-refractivity contribution in [1.82, 2.24) is 10.3 Å². The summed E-state index contributed by atoms with van der Waals surface area (Å²) in [6.07, 6.45) is 1.81. The van der Waals surface area contributed by atoms with Gasteiger partial charge in [0.05, 0.1) is 22.1 Å². The van der Waals surface area contributed by atoms with Gasteiger partial charge in [0, 0.05) is 16.8 Å². The van der Waals surface area contributed by atoms with E-state index in [0.717, 1.165) is 20.6 Å².